The highest BCUT2D eigenvalue weighted by Crippen LogP contribution is 2.22. The van der Waals surface area contributed by atoms with Crippen LogP contribution in [0.3, 0.4) is 0 Å². The fourth-order valence-electron chi connectivity index (χ4n) is 1.62. The highest BCUT2D eigenvalue weighted by molar-refractivity contribution is 7.80. The summed E-state index contributed by atoms with van der Waals surface area (Å²) in [6, 6.07) is 9.59. The Kier molecular flexibility index (Phi) is 2.59. The predicted octanol–water partition coefficient (Wildman–Crippen LogP) is 2.53. The van der Waals surface area contributed by atoms with Gasteiger partial charge in [0.2, 0.25) is 5.91 Å². The van der Waals surface area contributed by atoms with E-state index < -0.39 is 0 Å². The van der Waals surface area contributed by atoms with E-state index in [-0.39, 0.29) is 5.91 Å². The van der Waals surface area contributed by atoms with Crippen molar-refractivity contribution in [3.8, 4) is 0 Å². The Morgan fingerprint density at radius 1 is 1.14 bits per heavy atom. The topological polar surface area (TPSA) is 20.3 Å². The van der Waals surface area contributed by atoms with Crippen molar-refractivity contribution in [2.24, 2.45) is 0 Å². The Bertz CT molecular complexity index is 345. The SMILES string of the molecule is O=C1CCCC(=S)N1c1ccccc1. The quantitative estimate of drug-likeness (QED) is 0.657. The zero-order chi connectivity index (χ0) is 9.97. The van der Waals surface area contributed by atoms with Crippen molar-refractivity contribution in [1.82, 2.24) is 0 Å². The molecule has 0 saturated carbocycles. The first-order chi connectivity index (χ1) is 6.79. The number of carbonyl (C=O) groups excluding carboxylic acids is 1. The first-order valence-corrected chi connectivity index (χ1v) is 5.11. The highest BCUT2D eigenvalue weighted by atomic mass is 32.1. The van der Waals surface area contributed by atoms with Crippen molar-refractivity contribution in [3.63, 3.8) is 0 Å². The zero-order valence-corrected chi connectivity index (χ0v) is 8.59. The maximum absolute atomic E-state index is 11.6. The molecule has 72 valence electrons. The van der Waals surface area contributed by atoms with E-state index in [9.17, 15) is 4.79 Å². The number of piperidine rings is 1. The van der Waals surface area contributed by atoms with Crippen molar-refractivity contribution in [2.45, 2.75) is 19.3 Å². The number of anilines is 1. The summed E-state index contributed by atoms with van der Waals surface area (Å²) in [5, 5.41) is 0. The van der Waals surface area contributed by atoms with Gasteiger partial charge < -0.3 is 0 Å². The van der Waals surface area contributed by atoms with Crippen LogP contribution in [0.15, 0.2) is 30.3 Å². The summed E-state index contributed by atoms with van der Waals surface area (Å²) >= 11 is 5.19. The molecule has 1 aliphatic rings. The molecule has 0 spiro atoms. The van der Waals surface area contributed by atoms with Gasteiger partial charge in [-0.1, -0.05) is 30.4 Å². The molecule has 1 aromatic carbocycles. The average molecular weight is 205 g/mol. The molecular weight excluding hydrogens is 194 g/mol. The minimum atomic E-state index is 0.118. The third-order valence-corrected chi connectivity index (χ3v) is 2.68. The molecule has 1 fully saturated rings. The normalized spacial score (nSPS) is 17.3. The number of hydrogen-bond acceptors (Lipinski definition) is 2. The van der Waals surface area contributed by atoms with Crippen LogP contribution in [0.4, 0.5) is 5.69 Å². The molecule has 2 rings (SSSR count). The van der Waals surface area contributed by atoms with Crippen molar-refractivity contribution in [3.05, 3.63) is 30.3 Å². The fraction of sp³-hybridized carbons (Fsp3) is 0.273. The molecule has 1 amide bonds. The Morgan fingerprint density at radius 2 is 1.86 bits per heavy atom. The van der Waals surface area contributed by atoms with E-state index in [1.165, 1.54) is 0 Å². The number of thiocarbonyl (C=S) groups is 1. The molecule has 0 N–H and O–H groups in total. The molecule has 1 aliphatic heterocycles. The number of amides is 1. The van der Waals surface area contributed by atoms with Crippen LogP contribution in [0.25, 0.3) is 0 Å². The van der Waals surface area contributed by atoms with E-state index in [0.29, 0.717) is 6.42 Å². The van der Waals surface area contributed by atoms with Crippen LogP contribution in [0.1, 0.15) is 19.3 Å². The second kappa shape index (κ2) is 3.88. The Hall–Kier alpha value is -1.22. The van der Waals surface area contributed by atoms with Crippen molar-refractivity contribution in [2.75, 3.05) is 4.90 Å². The summed E-state index contributed by atoms with van der Waals surface area (Å²) in [7, 11) is 0. The van der Waals surface area contributed by atoms with Crippen LogP contribution >= 0.6 is 12.2 Å². The second-order valence-electron chi connectivity index (χ2n) is 3.31. The van der Waals surface area contributed by atoms with Gasteiger partial charge in [0.15, 0.2) is 0 Å². The van der Waals surface area contributed by atoms with Gasteiger partial charge in [-0.25, -0.2) is 0 Å². The predicted molar refractivity (Wildman–Crippen MR) is 60.4 cm³/mol. The van der Waals surface area contributed by atoms with Crippen LogP contribution in [-0.2, 0) is 4.79 Å². The maximum Gasteiger partial charge on any atom is 0.231 e. The van der Waals surface area contributed by atoms with Crippen molar-refractivity contribution >= 4 is 28.8 Å². The smallest absolute Gasteiger partial charge is 0.231 e. The summed E-state index contributed by atoms with van der Waals surface area (Å²) in [6.07, 6.45) is 2.34. The first-order valence-electron chi connectivity index (χ1n) is 4.70. The van der Waals surface area contributed by atoms with Gasteiger partial charge in [0, 0.05) is 12.1 Å². The number of carbonyl (C=O) groups is 1. The molecule has 14 heavy (non-hydrogen) atoms. The molecule has 1 aromatic rings. The van der Waals surface area contributed by atoms with E-state index >= 15 is 0 Å². The zero-order valence-electron chi connectivity index (χ0n) is 7.77. The van der Waals surface area contributed by atoms with Gasteiger partial charge in [0.1, 0.15) is 0 Å². The lowest BCUT2D eigenvalue weighted by Gasteiger charge is -2.27. The second-order valence-corrected chi connectivity index (χ2v) is 3.78. The minimum Gasteiger partial charge on any atom is -0.275 e. The van der Waals surface area contributed by atoms with Gasteiger partial charge in [0.25, 0.3) is 0 Å². The molecule has 2 nitrogen and oxygen atoms in total. The molecular formula is C11H11NOS. The Balaban J connectivity index is 2.32. The largest absolute Gasteiger partial charge is 0.275 e. The van der Waals surface area contributed by atoms with Gasteiger partial charge in [-0.2, -0.15) is 0 Å². The van der Waals surface area contributed by atoms with Crippen LogP contribution in [-0.4, -0.2) is 10.9 Å². The van der Waals surface area contributed by atoms with Gasteiger partial charge in [-0.15, -0.1) is 0 Å². The van der Waals surface area contributed by atoms with E-state index in [1.54, 1.807) is 4.90 Å². The molecule has 1 heterocycles. The summed E-state index contributed by atoms with van der Waals surface area (Å²) in [6.45, 7) is 0. The van der Waals surface area contributed by atoms with Crippen molar-refractivity contribution in [1.29, 1.82) is 0 Å². The number of nitrogens with zero attached hydrogens (tertiary/aromatic N) is 1. The van der Waals surface area contributed by atoms with Gasteiger partial charge in [0.05, 0.1) is 4.99 Å². The van der Waals surface area contributed by atoms with Crippen LogP contribution in [0.2, 0.25) is 0 Å². The standard InChI is InChI=1S/C11H11NOS/c13-10-7-4-8-11(14)12(10)9-5-2-1-3-6-9/h1-3,5-6H,4,7-8H2. The van der Waals surface area contributed by atoms with Crippen molar-refractivity contribution < 1.29 is 4.79 Å². The molecule has 0 radical (unpaired) electrons. The summed E-state index contributed by atoms with van der Waals surface area (Å²) < 4.78 is 0. The summed E-state index contributed by atoms with van der Waals surface area (Å²) in [4.78, 5) is 14.0. The Labute approximate surface area is 88.5 Å². The number of hydrogen-bond donors (Lipinski definition) is 0. The maximum atomic E-state index is 11.6. The lowest BCUT2D eigenvalue weighted by Crippen LogP contribution is -2.38. The molecule has 0 unspecified atom stereocenters. The number of rotatable bonds is 1. The number of para-hydroxylation sites is 1. The lowest BCUT2D eigenvalue weighted by atomic mass is 10.1. The molecule has 0 aromatic heterocycles. The van der Waals surface area contributed by atoms with Gasteiger partial charge in [-0.05, 0) is 25.0 Å². The average Bonchev–Trinajstić information content (AvgIpc) is 2.19. The number of benzene rings is 1. The van der Waals surface area contributed by atoms with E-state index in [1.807, 2.05) is 30.3 Å². The third kappa shape index (κ3) is 1.68. The molecule has 3 heteroatoms. The van der Waals surface area contributed by atoms with E-state index in [2.05, 4.69) is 0 Å². The minimum absolute atomic E-state index is 0.118. The van der Waals surface area contributed by atoms with Crippen LogP contribution in [0, 0.1) is 0 Å². The van der Waals surface area contributed by atoms with Crippen LogP contribution < -0.4 is 4.90 Å². The molecule has 0 atom stereocenters. The van der Waals surface area contributed by atoms with Gasteiger partial charge >= 0.3 is 0 Å². The fourth-order valence-corrected chi connectivity index (χ4v) is 1.97. The third-order valence-electron chi connectivity index (χ3n) is 2.29. The highest BCUT2D eigenvalue weighted by Gasteiger charge is 2.23. The molecule has 0 aliphatic carbocycles. The summed E-state index contributed by atoms with van der Waals surface area (Å²) in [5.74, 6) is 0.118. The molecule has 1 saturated heterocycles. The van der Waals surface area contributed by atoms with Crippen LogP contribution in [0.5, 0.6) is 0 Å². The lowest BCUT2D eigenvalue weighted by molar-refractivity contribution is -0.118. The monoisotopic (exact) mass is 205 g/mol. The summed E-state index contributed by atoms with van der Waals surface area (Å²) in [5.41, 5.74) is 0.891. The van der Waals surface area contributed by atoms with E-state index in [4.69, 9.17) is 12.2 Å². The van der Waals surface area contributed by atoms with E-state index in [0.717, 1.165) is 23.5 Å². The molecule has 0 bridgehead atoms. The Morgan fingerprint density at radius 3 is 2.50 bits per heavy atom. The first kappa shape index (κ1) is 9.34. The van der Waals surface area contributed by atoms with Gasteiger partial charge in [-0.3, -0.25) is 9.69 Å².